The van der Waals surface area contributed by atoms with E-state index in [-0.39, 0.29) is 30.6 Å². The van der Waals surface area contributed by atoms with Gasteiger partial charge in [0.25, 0.3) is 0 Å². The number of nitriles is 1. The van der Waals surface area contributed by atoms with Gasteiger partial charge in [0.15, 0.2) is 0 Å². The molecule has 1 aliphatic carbocycles. The molecule has 0 aliphatic heterocycles. The Kier molecular flexibility index (Phi) is 6.78. The topological polar surface area (TPSA) is 81.4 Å². The lowest BCUT2D eigenvalue weighted by Crippen LogP contribution is -2.48. The van der Waals surface area contributed by atoms with Gasteiger partial charge in [-0.15, -0.1) is 0 Å². The van der Waals surface area contributed by atoms with Crippen molar-refractivity contribution in [3.8, 4) is 6.07 Å². The summed E-state index contributed by atoms with van der Waals surface area (Å²) >= 11 is 0. The van der Waals surface area contributed by atoms with Crippen LogP contribution in [0.3, 0.4) is 0 Å². The first-order valence-electron chi connectivity index (χ1n) is 10.4. The molecule has 0 radical (unpaired) electrons. The fraction of sp³-hybridized carbons (Fsp3) is 0.435. The van der Waals surface area contributed by atoms with E-state index in [1.807, 2.05) is 48.7 Å². The van der Waals surface area contributed by atoms with Gasteiger partial charge in [-0.25, -0.2) is 4.79 Å². The Morgan fingerprint density at radius 3 is 2.67 bits per heavy atom. The molecule has 0 spiro atoms. The number of nitrogens with zero attached hydrogens (tertiary/aromatic N) is 4. The van der Waals surface area contributed by atoms with Gasteiger partial charge in [0.1, 0.15) is 6.54 Å². The number of aryl methyl sites for hydroxylation is 1. The molecule has 1 N–H and O–H groups in total. The smallest absolute Gasteiger partial charge is 0.322 e. The largest absolute Gasteiger partial charge is 0.353 e. The van der Waals surface area contributed by atoms with Crippen LogP contribution in [0.2, 0.25) is 0 Å². The van der Waals surface area contributed by atoms with E-state index in [9.17, 15) is 9.59 Å². The van der Waals surface area contributed by atoms with Crippen molar-refractivity contribution >= 4 is 17.6 Å². The first-order valence-corrected chi connectivity index (χ1v) is 10.4. The van der Waals surface area contributed by atoms with Gasteiger partial charge in [-0.05, 0) is 56.5 Å². The molecule has 7 nitrogen and oxygen atoms in total. The zero-order valence-corrected chi connectivity index (χ0v) is 17.8. The second-order valence-electron chi connectivity index (χ2n) is 7.87. The van der Waals surface area contributed by atoms with Gasteiger partial charge < -0.3 is 19.7 Å². The second-order valence-corrected chi connectivity index (χ2v) is 7.87. The van der Waals surface area contributed by atoms with Crippen LogP contribution in [-0.2, 0) is 18.4 Å². The van der Waals surface area contributed by atoms with Gasteiger partial charge >= 0.3 is 6.03 Å². The quantitative estimate of drug-likeness (QED) is 0.724. The van der Waals surface area contributed by atoms with E-state index in [1.165, 1.54) is 0 Å². The minimum absolute atomic E-state index is 0.0275. The maximum atomic E-state index is 13.2. The summed E-state index contributed by atoms with van der Waals surface area (Å²) in [6, 6.07) is 12.7. The van der Waals surface area contributed by atoms with Gasteiger partial charge in [-0.1, -0.05) is 13.0 Å². The summed E-state index contributed by atoms with van der Waals surface area (Å²) in [5.41, 5.74) is 2.09. The Balaban J connectivity index is 1.72. The Labute approximate surface area is 177 Å². The molecule has 1 atom stereocenters. The van der Waals surface area contributed by atoms with Gasteiger partial charge in [0.05, 0.1) is 18.2 Å². The van der Waals surface area contributed by atoms with E-state index < -0.39 is 0 Å². The molecule has 1 fully saturated rings. The zero-order valence-electron chi connectivity index (χ0n) is 17.8. The molecule has 158 valence electrons. The first kappa shape index (κ1) is 21.4. The van der Waals surface area contributed by atoms with Crippen molar-refractivity contribution in [2.75, 3.05) is 11.9 Å². The maximum absolute atomic E-state index is 13.2. The van der Waals surface area contributed by atoms with E-state index in [0.717, 1.165) is 25.0 Å². The Morgan fingerprint density at radius 2 is 2.07 bits per heavy atom. The minimum atomic E-state index is -0.331. The van der Waals surface area contributed by atoms with E-state index in [0.29, 0.717) is 17.8 Å². The summed E-state index contributed by atoms with van der Waals surface area (Å²) in [6.45, 7) is 4.51. The zero-order chi connectivity index (χ0) is 21.7. The fourth-order valence-electron chi connectivity index (χ4n) is 3.39. The molecular formula is C23H29N5O2. The minimum Gasteiger partial charge on any atom is -0.353 e. The first-order chi connectivity index (χ1) is 14.4. The molecule has 1 aromatic carbocycles. The average molecular weight is 408 g/mol. The summed E-state index contributed by atoms with van der Waals surface area (Å²) < 4.78 is 2.02. The van der Waals surface area contributed by atoms with Crippen molar-refractivity contribution in [2.24, 2.45) is 7.05 Å². The lowest BCUT2D eigenvalue weighted by molar-refractivity contribution is -0.133. The van der Waals surface area contributed by atoms with Crippen molar-refractivity contribution < 1.29 is 9.59 Å². The van der Waals surface area contributed by atoms with Gasteiger partial charge in [0.2, 0.25) is 5.91 Å². The van der Waals surface area contributed by atoms with Crippen LogP contribution in [0.4, 0.5) is 10.5 Å². The summed E-state index contributed by atoms with van der Waals surface area (Å²) in [6.07, 6.45) is 4.72. The molecule has 1 aromatic heterocycles. The number of nitrogens with one attached hydrogen (secondary N) is 1. The SMILES string of the molecule is CCC(C)N(CC(=O)N(Cc1cccn1C)C1CC1)C(=O)Nc1cccc(C#N)c1. The predicted molar refractivity (Wildman–Crippen MR) is 116 cm³/mol. The predicted octanol–water partition coefficient (Wildman–Crippen LogP) is 3.72. The molecule has 0 bridgehead atoms. The summed E-state index contributed by atoms with van der Waals surface area (Å²) in [7, 11) is 1.97. The number of hydrogen-bond donors (Lipinski definition) is 1. The van der Waals surface area contributed by atoms with Crippen molar-refractivity contribution in [2.45, 2.75) is 51.7 Å². The number of urea groups is 1. The number of hydrogen-bond acceptors (Lipinski definition) is 3. The number of carbonyl (C=O) groups is 2. The van der Waals surface area contributed by atoms with Gasteiger partial charge in [0, 0.05) is 36.7 Å². The van der Waals surface area contributed by atoms with E-state index in [4.69, 9.17) is 5.26 Å². The van der Waals surface area contributed by atoms with Crippen LogP contribution < -0.4 is 5.32 Å². The normalized spacial score (nSPS) is 13.9. The van der Waals surface area contributed by atoms with Crippen LogP contribution in [0.15, 0.2) is 42.6 Å². The molecule has 7 heteroatoms. The molecule has 1 saturated carbocycles. The third-order valence-electron chi connectivity index (χ3n) is 5.62. The number of aromatic nitrogens is 1. The lowest BCUT2D eigenvalue weighted by atomic mass is 10.2. The highest BCUT2D eigenvalue weighted by Crippen LogP contribution is 2.29. The maximum Gasteiger partial charge on any atom is 0.322 e. The van der Waals surface area contributed by atoms with E-state index in [2.05, 4.69) is 11.4 Å². The van der Waals surface area contributed by atoms with E-state index >= 15 is 0 Å². The van der Waals surface area contributed by atoms with Gasteiger partial charge in [-0.3, -0.25) is 4.79 Å². The van der Waals surface area contributed by atoms with Crippen molar-refractivity contribution in [1.29, 1.82) is 5.26 Å². The van der Waals surface area contributed by atoms with E-state index in [1.54, 1.807) is 29.2 Å². The Hall–Kier alpha value is -3.27. The molecule has 2 aromatic rings. The molecule has 1 aliphatic rings. The highest BCUT2D eigenvalue weighted by molar-refractivity contribution is 5.92. The van der Waals surface area contributed by atoms with Crippen LogP contribution >= 0.6 is 0 Å². The Bertz CT molecular complexity index is 941. The summed E-state index contributed by atoms with van der Waals surface area (Å²) in [5.74, 6) is -0.0417. The second kappa shape index (κ2) is 9.49. The molecule has 1 unspecified atom stereocenters. The Morgan fingerprint density at radius 1 is 1.30 bits per heavy atom. The van der Waals surface area contributed by atoms with Crippen LogP contribution in [0.5, 0.6) is 0 Å². The highest BCUT2D eigenvalue weighted by atomic mass is 16.2. The monoisotopic (exact) mass is 407 g/mol. The molecule has 0 saturated heterocycles. The van der Waals surface area contributed by atoms with Crippen LogP contribution in [-0.4, -0.2) is 44.9 Å². The summed E-state index contributed by atoms with van der Waals surface area (Å²) in [5, 5.41) is 11.9. The number of benzene rings is 1. The number of anilines is 1. The van der Waals surface area contributed by atoms with Crippen LogP contribution in [0.25, 0.3) is 0 Å². The van der Waals surface area contributed by atoms with Crippen molar-refractivity contribution in [3.63, 3.8) is 0 Å². The highest BCUT2D eigenvalue weighted by Gasteiger charge is 2.34. The average Bonchev–Trinajstić information content (AvgIpc) is 3.51. The molecule has 3 amide bonds. The lowest BCUT2D eigenvalue weighted by Gasteiger charge is -2.31. The number of amides is 3. The molecule has 3 rings (SSSR count). The van der Waals surface area contributed by atoms with Crippen molar-refractivity contribution in [1.82, 2.24) is 14.4 Å². The van der Waals surface area contributed by atoms with Crippen LogP contribution in [0, 0.1) is 11.3 Å². The third kappa shape index (κ3) is 5.20. The molecule has 1 heterocycles. The molecular weight excluding hydrogens is 378 g/mol. The van der Waals surface area contributed by atoms with Crippen LogP contribution in [0.1, 0.15) is 44.4 Å². The molecule has 30 heavy (non-hydrogen) atoms. The summed E-state index contributed by atoms with van der Waals surface area (Å²) in [4.78, 5) is 29.7. The third-order valence-corrected chi connectivity index (χ3v) is 5.62. The standard InChI is InChI=1S/C23H29N5O2/c1-4-17(2)27(23(30)25-19-8-5-7-18(13-19)14-24)16-22(29)28(20-10-11-20)15-21-9-6-12-26(21)3/h5-9,12-13,17,20H,4,10-11,15-16H2,1-3H3,(H,25,30). The van der Waals surface area contributed by atoms with Gasteiger partial charge in [-0.2, -0.15) is 5.26 Å². The van der Waals surface area contributed by atoms with Crippen molar-refractivity contribution in [3.05, 3.63) is 53.9 Å². The number of carbonyl (C=O) groups excluding carboxylic acids is 2. The number of rotatable bonds is 8. The fourth-order valence-corrected chi connectivity index (χ4v) is 3.39.